The molecule has 3 saturated carbocycles. The third-order valence-corrected chi connectivity index (χ3v) is 9.64. The second-order valence-corrected chi connectivity index (χ2v) is 11.8. The fourth-order valence-corrected chi connectivity index (χ4v) is 7.76. The predicted octanol–water partition coefficient (Wildman–Crippen LogP) is 4.72. The quantitative estimate of drug-likeness (QED) is 0.454. The van der Waals surface area contributed by atoms with Gasteiger partial charge in [-0.15, -0.1) is 5.06 Å². The summed E-state index contributed by atoms with van der Waals surface area (Å²) in [7, 11) is 0. The normalized spacial score (nSPS) is 40.2. The van der Waals surface area contributed by atoms with E-state index in [1.54, 1.807) is 0 Å². The minimum absolute atomic E-state index is 0.0847. The van der Waals surface area contributed by atoms with Crippen LogP contribution in [0.1, 0.15) is 98.3 Å². The summed E-state index contributed by atoms with van der Waals surface area (Å²) in [6.07, 6.45) is 11.9. The highest BCUT2D eigenvalue weighted by Gasteiger charge is 2.58. The van der Waals surface area contributed by atoms with Gasteiger partial charge in [-0.3, -0.25) is 9.59 Å². The van der Waals surface area contributed by atoms with E-state index in [1.807, 2.05) is 0 Å². The summed E-state index contributed by atoms with van der Waals surface area (Å²) < 4.78 is 5.82. The van der Waals surface area contributed by atoms with Crippen LogP contribution in [-0.2, 0) is 24.0 Å². The van der Waals surface area contributed by atoms with Crippen molar-refractivity contribution >= 4 is 17.8 Å². The Morgan fingerprint density at radius 2 is 1.69 bits per heavy atom. The number of allylic oxidation sites excluding steroid dienone is 1. The molecule has 35 heavy (non-hydrogen) atoms. The van der Waals surface area contributed by atoms with Gasteiger partial charge in [0, 0.05) is 12.8 Å². The number of carbonyl (C=O) groups is 3. The van der Waals surface area contributed by atoms with Crippen molar-refractivity contribution in [2.45, 2.75) is 111 Å². The topological polar surface area (TPSA) is 93.1 Å². The van der Waals surface area contributed by atoms with Gasteiger partial charge in [0.2, 0.25) is 0 Å². The Morgan fingerprint density at radius 1 is 1.00 bits per heavy atom. The maximum atomic E-state index is 12.1. The number of hydrogen-bond acceptors (Lipinski definition) is 6. The standard InChI is InChI=1S/C25H35NO6.C3H8/c1-24-11-9-16(31-14-23(30)32-26-21(28)7-8-22(26)29)13-15(24)3-4-17-18-5-6-20(27)25(18,2)12-10-19(17)24;1-3-2/h13,16-20,27H,3-12,14H2,1-2H3;3H2,1-2H3/t16-,17?,18?,19?,20?,24?,25?;/m1./s1. The number of hydrogen-bond donors (Lipinski definition) is 1. The van der Waals surface area contributed by atoms with Gasteiger partial charge in [-0.25, -0.2) is 4.79 Å². The molecule has 0 bridgehead atoms. The van der Waals surface area contributed by atoms with Gasteiger partial charge in [0.1, 0.15) is 6.61 Å². The summed E-state index contributed by atoms with van der Waals surface area (Å²) in [4.78, 5) is 40.2. The minimum Gasteiger partial charge on any atom is -0.393 e. The Balaban J connectivity index is 0.000000917. The molecule has 1 heterocycles. The van der Waals surface area contributed by atoms with Gasteiger partial charge in [-0.2, -0.15) is 0 Å². The van der Waals surface area contributed by atoms with Gasteiger partial charge in [0.05, 0.1) is 12.2 Å². The number of nitrogens with zero attached hydrogens (tertiary/aromatic N) is 1. The first-order valence-electron chi connectivity index (χ1n) is 13.7. The first-order chi connectivity index (χ1) is 16.6. The van der Waals surface area contributed by atoms with Gasteiger partial charge in [-0.1, -0.05) is 45.8 Å². The van der Waals surface area contributed by atoms with Crippen LogP contribution in [0.4, 0.5) is 0 Å². The molecule has 4 fully saturated rings. The van der Waals surface area contributed by atoms with E-state index in [4.69, 9.17) is 9.57 Å². The third-order valence-electron chi connectivity index (χ3n) is 9.64. The van der Waals surface area contributed by atoms with Crippen LogP contribution in [0.5, 0.6) is 0 Å². The summed E-state index contributed by atoms with van der Waals surface area (Å²) >= 11 is 0. The van der Waals surface area contributed by atoms with E-state index in [0.717, 1.165) is 38.5 Å². The molecule has 7 heteroatoms. The maximum Gasteiger partial charge on any atom is 0.358 e. The Morgan fingerprint density at radius 3 is 2.37 bits per heavy atom. The number of aliphatic hydroxyl groups is 1. The van der Waals surface area contributed by atoms with Crippen molar-refractivity contribution in [2.75, 3.05) is 6.61 Å². The van der Waals surface area contributed by atoms with Crippen LogP contribution in [-0.4, -0.2) is 46.8 Å². The van der Waals surface area contributed by atoms with E-state index in [2.05, 4.69) is 33.8 Å². The molecule has 0 aromatic rings. The fraction of sp³-hybridized carbons (Fsp3) is 0.821. The van der Waals surface area contributed by atoms with E-state index < -0.39 is 17.8 Å². The molecule has 0 aromatic heterocycles. The zero-order valence-electron chi connectivity index (χ0n) is 21.9. The number of rotatable bonds is 4. The fourth-order valence-electron chi connectivity index (χ4n) is 7.76. The number of ether oxygens (including phenoxy) is 1. The maximum absolute atomic E-state index is 12.1. The number of imide groups is 1. The van der Waals surface area contributed by atoms with Gasteiger partial charge >= 0.3 is 5.97 Å². The highest BCUT2D eigenvalue weighted by atomic mass is 16.7. The van der Waals surface area contributed by atoms with Crippen LogP contribution in [0.2, 0.25) is 0 Å². The molecule has 0 aromatic carbocycles. The van der Waals surface area contributed by atoms with Crippen molar-refractivity contribution in [3.63, 3.8) is 0 Å². The molecule has 5 rings (SSSR count). The molecule has 7 nitrogen and oxygen atoms in total. The zero-order chi connectivity index (χ0) is 25.4. The first-order valence-corrected chi connectivity index (χ1v) is 13.7. The molecule has 2 amide bonds. The third kappa shape index (κ3) is 4.83. The second-order valence-electron chi connectivity index (χ2n) is 11.8. The van der Waals surface area contributed by atoms with Crippen molar-refractivity contribution in [2.24, 2.45) is 28.6 Å². The first kappa shape index (κ1) is 26.3. The van der Waals surface area contributed by atoms with E-state index in [9.17, 15) is 19.5 Å². The van der Waals surface area contributed by atoms with Gasteiger partial charge in [0.15, 0.2) is 0 Å². The van der Waals surface area contributed by atoms with E-state index >= 15 is 0 Å². The van der Waals surface area contributed by atoms with Crippen molar-refractivity contribution in [3.8, 4) is 0 Å². The van der Waals surface area contributed by atoms with Crippen LogP contribution in [0.15, 0.2) is 11.6 Å². The number of fused-ring (bicyclic) bond motifs is 5. The van der Waals surface area contributed by atoms with Crippen molar-refractivity contribution in [1.29, 1.82) is 0 Å². The van der Waals surface area contributed by atoms with E-state index in [0.29, 0.717) is 22.8 Å². The average molecular weight is 490 g/mol. The lowest BCUT2D eigenvalue weighted by molar-refractivity contribution is -0.201. The average Bonchev–Trinajstić information content (AvgIpc) is 3.31. The molecular weight excluding hydrogens is 446 g/mol. The Labute approximate surface area is 209 Å². The number of amides is 2. The van der Waals surface area contributed by atoms with Crippen molar-refractivity contribution in [3.05, 3.63) is 11.6 Å². The Bertz CT molecular complexity index is 854. The highest BCUT2D eigenvalue weighted by Crippen LogP contribution is 2.65. The molecule has 4 aliphatic carbocycles. The summed E-state index contributed by atoms with van der Waals surface area (Å²) in [6.45, 7) is 8.71. The molecule has 1 aliphatic heterocycles. The van der Waals surface area contributed by atoms with Crippen molar-refractivity contribution < 1.29 is 29.1 Å². The molecule has 6 unspecified atom stereocenters. The predicted molar refractivity (Wildman–Crippen MR) is 131 cm³/mol. The van der Waals surface area contributed by atoms with Gasteiger partial charge < -0.3 is 14.7 Å². The number of hydroxylamine groups is 2. The number of aliphatic hydroxyl groups excluding tert-OH is 1. The largest absolute Gasteiger partial charge is 0.393 e. The molecule has 1 N–H and O–H groups in total. The van der Waals surface area contributed by atoms with Crippen LogP contribution in [0, 0.1) is 28.6 Å². The zero-order valence-corrected chi connectivity index (χ0v) is 21.9. The summed E-state index contributed by atoms with van der Waals surface area (Å²) in [6, 6.07) is 0. The molecular formula is C28H43NO6. The van der Waals surface area contributed by atoms with Crippen LogP contribution < -0.4 is 0 Å². The minimum atomic E-state index is -0.713. The van der Waals surface area contributed by atoms with Gasteiger partial charge in [0.25, 0.3) is 11.8 Å². The second kappa shape index (κ2) is 10.3. The van der Waals surface area contributed by atoms with Gasteiger partial charge in [-0.05, 0) is 80.0 Å². The van der Waals surface area contributed by atoms with Crippen LogP contribution in [0.3, 0.4) is 0 Å². The van der Waals surface area contributed by atoms with Crippen LogP contribution in [0.25, 0.3) is 0 Å². The summed E-state index contributed by atoms with van der Waals surface area (Å²) in [5.74, 6) is 0.313. The lowest BCUT2D eigenvalue weighted by atomic mass is 9.47. The van der Waals surface area contributed by atoms with Crippen molar-refractivity contribution in [1.82, 2.24) is 5.06 Å². The highest BCUT2D eigenvalue weighted by molar-refractivity contribution is 6.01. The van der Waals surface area contributed by atoms with E-state index in [-0.39, 0.29) is 42.5 Å². The lowest BCUT2D eigenvalue weighted by Crippen LogP contribution is -2.51. The summed E-state index contributed by atoms with van der Waals surface area (Å²) in [5.41, 5.74) is 1.72. The Kier molecular flexibility index (Phi) is 7.77. The monoisotopic (exact) mass is 489 g/mol. The molecule has 7 atom stereocenters. The van der Waals surface area contributed by atoms with Crippen LogP contribution >= 0.6 is 0 Å². The molecule has 0 spiro atoms. The molecule has 5 aliphatic rings. The molecule has 0 radical (unpaired) electrons. The molecule has 196 valence electrons. The summed E-state index contributed by atoms with van der Waals surface area (Å²) in [5, 5.41) is 11.2. The SMILES string of the molecule is CC12CC[C@@H](OCC(=O)ON3C(=O)CCC3=O)C=C1CCC1C2CCC2(C)C(O)CCC12.CCC. The number of carbonyl (C=O) groups excluding carboxylic acids is 3. The Hall–Kier alpha value is -1.73. The lowest BCUT2D eigenvalue weighted by Gasteiger charge is -2.58. The molecule has 1 saturated heterocycles. The van der Waals surface area contributed by atoms with E-state index in [1.165, 1.54) is 24.8 Å². The smallest absolute Gasteiger partial charge is 0.358 e.